The number of unbranched alkanes of at least 4 members (excludes halogenated alkanes) is 2. The van der Waals surface area contributed by atoms with Gasteiger partial charge in [0.25, 0.3) is 0 Å². The van der Waals surface area contributed by atoms with Gasteiger partial charge in [-0.1, -0.05) is 12.8 Å². The van der Waals surface area contributed by atoms with Crippen molar-refractivity contribution in [3.05, 3.63) is 0 Å². The highest BCUT2D eigenvalue weighted by Crippen LogP contribution is 2.16. The molecular formula is C18H36N4S. The van der Waals surface area contributed by atoms with Gasteiger partial charge in [0.2, 0.25) is 0 Å². The molecule has 2 rings (SSSR count). The number of aliphatic imine (C=N–C) groups is 1. The zero-order chi connectivity index (χ0) is 16.2. The summed E-state index contributed by atoms with van der Waals surface area (Å²) in [5.41, 5.74) is 0. The van der Waals surface area contributed by atoms with Gasteiger partial charge < -0.3 is 15.5 Å². The van der Waals surface area contributed by atoms with Crippen molar-refractivity contribution >= 4 is 17.7 Å². The third-order valence-electron chi connectivity index (χ3n) is 4.70. The lowest BCUT2D eigenvalue weighted by Crippen LogP contribution is -2.45. The smallest absolute Gasteiger partial charge is 0.191 e. The summed E-state index contributed by atoms with van der Waals surface area (Å²) in [5.74, 6) is 3.57. The molecule has 2 fully saturated rings. The Bertz CT molecular complexity index is 323. The van der Waals surface area contributed by atoms with Gasteiger partial charge in [-0.15, -0.1) is 0 Å². The molecule has 23 heavy (non-hydrogen) atoms. The van der Waals surface area contributed by atoms with E-state index in [9.17, 15) is 0 Å². The lowest BCUT2D eigenvalue weighted by molar-refractivity contribution is 0.224. The van der Waals surface area contributed by atoms with E-state index in [1.54, 1.807) is 0 Å². The van der Waals surface area contributed by atoms with Crippen LogP contribution in [0, 0.1) is 0 Å². The highest BCUT2D eigenvalue weighted by atomic mass is 32.2. The van der Waals surface area contributed by atoms with Crippen LogP contribution in [0.5, 0.6) is 0 Å². The number of piperidine rings is 1. The summed E-state index contributed by atoms with van der Waals surface area (Å²) in [4.78, 5) is 7.40. The molecule has 2 N–H and O–H groups in total. The normalized spacial score (nSPS) is 23.7. The van der Waals surface area contributed by atoms with Gasteiger partial charge in [0.05, 0.1) is 0 Å². The Morgan fingerprint density at radius 3 is 2.74 bits per heavy atom. The molecule has 0 aromatic carbocycles. The highest BCUT2D eigenvalue weighted by molar-refractivity contribution is 7.99. The number of rotatable bonds is 8. The first kappa shape index (κ1) is 18.9. The zero-order valence-corrected chi connectivity index (χ0v) is 15.8. The van der Waals surface area contributed by atoms with Gasteiger partial charge in [0, 0.05) is 24.9 Å². The summed E-state index contributed by atoms with van der Waals surface area (Å²) in [7, 11) is 0. The first-order valence-electron chi connectivity index (χ1n) is 9.73. The number of nitrogens with one attached hydrogen (secondary N) is 2. The van der Waals surface area contributed by atoms with E-state index in [0.29, 0.717) is 6.04 Å². The molecule has 0 aromatic heterocycles. The van der Waals surface area contributed by atoms with Crippen LogP contribution >= 0.6 is 11.8 Å². The van der Waals surface area contributed by atoms with Crippen LogP contribution < -0.4 is 10.6 Å². The molecule has 4 nitrogen and oxygen atoms in total. The lowest BCUT2D eigenvalue weighted by atomic mass is 10.1. The molecule has 1 unspecified atom stereocenters. The van der Waals surface area contributed by atoms with E-state index in [2.05, 4.69) is 34.2 Å². The van der Waals surface area contributed by atoms with Crippen LogP contribution in [0.25, 0.3) is 0 Å². The van der Waals surface area contributed by atoms with E-state index in [4.69, 9.17) is 4.99 Å². The third-order valence-corrected chi connectivity index (χ3v) is 5.91. The maximum Gasteiger partial charge on any atom is 0.191 e. The zero-order valence-electron chi connectivity index (χ0n) is 15.0. The average molecular weight is 341 g/mol. The summed E-state index contributed by atoms with van der Waals surface area (Å²) in [6.07, 6.45) is 10.7. The Morgan fingerprint density at radius 1 is 1.13 bits per heavy atom. The Kier molecular flexibility index (Phi) is 9.88. The van der Waals surface area contributed by atoms with Crippen LogP contribution in [0.15, 0.2) is 4.99 Å². The molecule has 0 aromatic rings. The lowest BCUT2D eigenvalue weighted by Gasteiger charge is -2.26. The minimum Gasteiger partial charge on any atom is -0.357 e. The average Bonchev–Trinajstić information content (AvgIpc) is 2.60. The minimum absolute atomic E-state index is 0.602. The Labute approximate surface area is 147 Å². The monoisotopic (exact) mass is 340 g/mol. The molecular weight excluding hydrogens is 304 g/mol. The van der Waals surface area contributed by atoms with Gasteiger partial charge in [-0.25, -0.2) is 0 Å². The molecule has 2 aliphatic heterocycles. The number of guanidine groups is 1. The molecule has 2 heterocycles. The van der Waals surface area contributed by atoms with Crippen LogP contribution in [0.3, 0.4) is 0 Å². The van der Waals surface area contributed by atoms with Crippen molar-refractivity contribution in [2.75, 3.05) is 44.2 Å². The number of nitrogens with zero attached hydrogens (tertiary/aromatic N) is 2. The molecule has 2 saturated heterocycles. The fourth-order valence-corrected chi connectivity index (χ4v) is 4.44. The summed E-state index contributed by atoms with van der Waals surface area (Å²) in [5, 5.41) is 7.00. The summed E-state index contributed by atoms with van der Waals surface area (Å²) in [6, 6.07) is 0.602. The van der Waals surface area contributed by atoms with Crippen molar-refractivity contribution in [1.29, 1.82) is 0 Å². The molecule has 1 atom stereocenters. The first-order chi connectivity index (χ1) is 11.4. The van der Waals surface area contributed by atoms with E-state index in [1.807, 2.05) is 0 Å². The predicted molar refractivity (Wildman–Crippen MR) is 104 cm³/mol. The fourth-order valence-electron chi connectivity index (χ4n) is 3.37. The molecule has 134 valence electrons. The standard InChI is InChI=1S/C18H36N4S/c1-2-19-18(21-17-10-9-15-23-16-17)20-11-5-3-6-12-22-13-7-4-8-14-22/h17H,2-16H2,1H3,(H2,19,20,21). The second-order valence-electron chi connectivity index (χ2n) is 6.78. The van der Waals surface area contributed by atoms with Crippen LogP contribution in [-0.2, 0) is 0 Å². The van der Waals surface area contributed by atoms with Gasteiger partial charge in [0.15, 0.2) is 5.96 Å². The molecule has 2 aliphatic rings. The predicted octanol–water partition coefficient (Wildman–Crippen LogP) is 3.09. The molecule has 5 heteroatoms. The van der Waals surface area contributed by atoms with E-state index < -0.39 is 0 Å². The topological polar surface area (TPSA) is 39.7 Å². The van der Waals surface area contributed by atoms with Crippen molar-refractivity contribution < 1.29 is 0 Å². The van der Waals surface area contributed by atoms with E-state index >= 15 is 0 Å². The highest BCUT2D eigenvalue weighted by Gasteiger charge is 2.14. The number of hydrogen-bond donors (Lipinski definition) is 2. The Balaban J connectivity index is 1.56. The summed E-state index contributed by atoms with van der Waals surface area (Å²) in [6.45, 7) is 7.99. The van der Waals surface area contributed by atoms with Crippen LogP contribution in [-0.4, -0.2) is 61.1 Å². The summed E-state index contributed by atoms with van der Waals surface area (Å²) < 4.78 is 0. The minimum atomic E-state index is 0.602. The van der Waals surface area contributed by atoms with Gasteiger partial charge in [-0.05, 0) is 70.8 Å². The number of thioether (sulfide) groups is 1. The Morgan fingerprint density at radius 2 is 2.00 bits per heavy atom. The molecule has 0 bridgehead atoms. The van der Waals surface area contributed by atoms with Crippen molar-refractivity contribution in [2.45, 2.75) is 64.3 Å². The molecule has 0 saturated carbocycles. The quantitative estimate of drug-likeness (QED) is 0.405. The van der Waals surface area contributed by atoms with Crippen molar-refractivity contribution in [2.24, 2.45) is 4.99 Å². The second-order valence-corrected chi connectivity index (χ2v) is 7.93. The summed E-state index contributed by atoms with van der Waals surface area (Å²) >= 11 is 2.06. The molecule has 0 radical (unpaired) electrons. The SMILES string of the molecule is CCNC(=NCCCCCN1CCCCC1)NC1CCCSC1. The van der Waals surface area contributed by atoms with Crippen molar-refractivity contribution in [3.8, 4) is 0 Å². The van der Waals surface area contributed by atoms with Gasteiger partial charge in [0.1, 0.15) is 0 Å². The fraction of sp³-hybridized carbons (Fsp3) is 0.944. The second kappa shape index (κ2) is 12.0. The molecule has 0 aliphatic carbocycles. The van der Waals surface area contributed by atoms with Gasteiger partial charge in [-0.3, -0.25) is 4.99 Å². The van der Waals surface area contributed by atoms with Gasteiger partial charge in [-0.2, -0.15) is 11.8 Å². The number of likely N-dealkylation sites (tertiary alicyclic amines) is 1. The van der Waals surface area contributed by atoms with Crippen LogP contribution in [0.4, 0.5) is 0 Å². The van der Waals surface area contributed by atoms with E-state index in [1.165, 1.54) is 82.5 Å². The maximum atomic E-state index is 4.76. The van der Waals surface area contributed by atoms with Crippen molar-refractivity contribution in [3.63, 3.8) is 0 Å². The molecule has 0 spiro atoms. The maximum absolute atomic E-state index is 4.76. The first-order valence-corrected chi connectivity index (χ1v) is 10.9. The van der Waals surface area contributed by atoms with Gasteiger partial charge >= 0.3 is 0 Å². The van der Waals surface area contributed by atoms with Crippen LogP contribution in [0.1, 0.15) is 58.3 Å². The largest absolute Gasteiger partial charge is 0.357 e. The van der Waals surface area contributed by atoms with E-state index in [0.717, 1.165) is 19.0 Å². The van der Waals surface area contributed by atoms with E-state index in [-0.39, 0.29) is 0 Å². The van der Waals surface area contributed by atoms with Crippen LogP contribution in [0.2, 0.25) is 0 Å². The molecule has 0 amide bonds. The number of hydrogen-bond acceptors (Lipinski definition) is 3. The van der Waals surface area contributed by atoms with Crippen molar-refractivity contribution in [1.82, 2.24) is 15.5 Å². The Hall–Kier alpha value is -0.420. The third kappa shape index (κ3) is 8.30.